The fraction of sp³-hybridized carbons (Fsp3) is 0.273. The molecule has 1 aliphatic carbocycles. The quantitative estimate of drug-likeness (QED) is 0.515. The number of nitrogens with zero attached hydrogens (tertiary/aromatic N) is 1. The molecule has 0 saturated heterocycles. The monoisotopic (exact) mass is 409 g/mol. The summed E-state index contributed by atoms with van der Waals surface area (Å²) in [5, 5.41) is 18.4. The van der Waals surface area contributed by atoms with Crippen LogP contribution in [0, 0.1) is 0 Å². The molecule has 150 valence electrons. The predicted octanol–water partition coefficient (Wildman–Crippen LogP) is 4.35. The lowest BCUT2D eigenvalue weighted by Gasteiger charge is -2.13. The lowest BCUT2D eigenvalue weighted by Crippen LogP contribution is -2.16. The SMILES string of the molecule is COc1ccc(C(=O)Nc2ccc(-c3csc(C4CC4)n3)cc2)c(NCCO)c1. The highest BCUT2D eigenvalue weighted by Crippen LogP contribution is 2.42. The van der Waals surface area contributed by atoms with Crippen LogP contribution < -0.4 is 15.4 Å². The molecule has 0 spiro atoms. The van der Waals surface area contributed by atoms with E-state index in [1.165, 1.54) is 17.8 Å². The zero-order valence-corrected chi connectivity index (χ0v) is 17.0. The zero-order chi connectivity index (χ0) is 20.2. The van der Waals surface area contributed by atoms with Gasteiger partial charge in [0.1, 0.15) is 5.75 Å². The van der Waals surface area contributed by atoms with Gasteiger partial charge in [-0.3, -0.25) is 4.79 Å². The van der Waals surface area contributed by atoms with Crippen LogP contribution >= 0.6 is 11.3 Å². The number of hydrogen-bond donors (Lipinski definition) is 3. The van der Waals surface area contributed by atoms with Crippen molar-refractivity contribution in [2.75, 3.05) is 30.9 Å². The molecule has 4 rings (SSSR count). The first kappa shape index (κ1) is 19.4. The maximum atomic E-state index is 12.8. The molecule has 0 aliphatic heterocycles. The molecule has 1 aliphatic rings. The van der Waals surface area contributed by atoms with E-state index in [1.54, 1.807) is 36.6 Å². The van der Waals surface area contributed by atoms with Crippen molar-refractivity contribution in [3.8, 4) is 17.0 Å². The molecule has 29 heavy (non-hydrogen) atoms. The van der Waals surface area contributed by atoms with Gasteiger partial charge in [0.15, 0.2) is 0 Å². The van der Waals surface area contributed by atoms with E-state index in [4.69, 9.17) is 14.8 Å². The summed E-state index contributed by atoms with van der Waals surface area (Å²) in [5.41, 5.74) is 3.83. The Hall–Kier alpha value is -2.90. The number of hydrogen-bond acceptors (Lipinski definition) is 6. The minimum atomic E-state index is -0.231. The van der Waals surface area contributed by atoms with Crippen LogP contribution in [0.15, 0.2) is 47.8 Å². The molecule has 0 bridgehead atoms. The largest absolute Gasteiger partial charge is 0.497 e. The number of aromatic nitrogens is 1. The molecule has 7 heteroatoms. The van der Waals surface area contributed by atoms with Crippen molar-refractivity contribution in [2.24, 2.45) is 0 Å². The Morgan fingerprint density at radius 3 is 2.72 bits per heavy atom. The van der Waals surface area contributed by atoms with Gasteiger partial charge in [-0.2, -0.15) is 0 Å². The van der Waals surface area contributed by atoms with Gasteiger partial charge in [0.2, 0.25) is 0 Å². The number of aliphatic hydroxyl groups is 1. The minimum Gasteiger partial charge on any atom is -0.497 e. The molecule has 0 unspecified atom stereocenters. The van der Waals surface area contributed by atoms with Crippen molar-refractivity contribution < 1.29 is 14.6 Å². The number of ether oxygens (including phenoxy) is 1. The predicted molar refractivity (Wildman–Crippen MR) is 116 cm³/mol. The van der Waals surface area contributed by atoms with E-state index < -0.39 is 0 Å². The van der Waals surface area contributed by atoms with Crippen LogP contribution in [0.3, 0.4) is 0 Å². The Labute approximate surface area is 173 Å². The van der Waals surface area contributed by atoms with Gasteiger partial charge in [-0.05, 0) is 37.1 Å². The maximum absolute atomic E-state index is 12.8. The van der Waals surface area contributed by atoms with E-state index in [0.717, 1.165) is 11.3 Å². The number of carbonyl (C=O) groups excluding carboxylic acids is 1. The fourth-order valence-electron chi connectivity index (χ4n) is 3.05. The van der Waals surface area contributed by atoms with E-state index in [0.29, 0.717) is 35.2 Å². The van der Waals surface area contributed by atoms with E-state index >= 15 is 0 Å². The number of amides is 1. The minimum absolute atomic E-state index is 0.0290. The van der Waals surface area contributed by atoms with Crippen molar-refractivity contribution in [1.82, 2.24) is 4.98 Å². The van der Waals surface area contributed by atoms with E-state index in [2.05, 4.69) is 16.0 Å². The number of carbonyl (C=O) groups is 1. The normalized spacial score (nSPS) is 13.2. The summed E-state index contributed by atoms with van der Waals surface area (Å²) in [5.74, 6) is 1.07. The third-order valence-corrected chi connectivity index (χ3v) is 5.79. The summed E-state index contributed by atoms with van der Waals surface area (Å²) < 4.78 is 5.22. The van der Waals surface area contributed by atoms with Crippen molar-refractivity contribution in [3.63, 3.8) is 0 Å². The second-order valence-electron chi connectivity index (χ2n) is 6.94. The number of benzene rings is 2. The summed E-state index contributed by atoms with van der Waals surface area (Å²) in [4.78, 5) is 17.5. The summed E-state index contributed by atoms with van der Waals surface area (Å²) >= 11 is 1.72. The van der Waals surface area contributed by atoms with Gasteiger partial charge in [0.05, 0.1) is 35.7 Å². The van der Waals surface area contributed by atoms with Crippen molar-refractivity contribution in [3.05, 3.63) is 58.4 Å². The molecule has 3 aromatic rings. The van der Waals surface area contributed by atoms with E-state index in [-0.39, 0.29) is 12.5 Å². The molecular weight excluding hydrogens is 386 g/mol. The van der Waals surface area contributed by atoms with Crippen LogP contribution in [-0.2, 0) is 0 Å². The Balaban J connectivity index is 1.47. The van der Waals surface area contributed by atoms with Crippen LogP contribution in [0.25, 0.3) is 11.3 Å². The Kier molecular flexibility index (Phi) is 5.78. The first-order valence-corrected chi connectivity index (χ1v) is 10.5. The van der Waals surface area contributed by atoms with Crippen molar-refractivity contribution >= 4 is 28.6 Å². The Bertz CT molecular complexity index is 997. The zero-order valence-electron chi connectivity index (χ0n) is 16.1. The van der Waals surface area contributed by atoms with Gasteiger partial charge < -0.3 is 20.5 Å². The van der Waals surface area contributed by atoms with Crippen LogP contribution in [0.2, 0.25) is 0 Å². The molecule has 6 nitrogen and oxygen atoms in total. The number of aliphatic hydroxyl groups excluding tert-OH is 1. The molecule has 1 heterocycles. The summed E-state index contributed by atoms with van der Waals surface area (Å²) in [6.45, 7) is 0.317. The summed E-state index contributed by atoms with van der Waals surface area (Å²) in [7, 11) is 1.57. The third kappa shape index (κ3) is 4.58. The molecule has 0 atom stereocenters. The molecule has 0 radical (unpaired) electrons. The molecule has 1 saturated carbocycles. The number of anilines is 2. The average Bonchev–Trinajstić information content (AvgIpc) is 3.49. The third-order valence-electron chi connectivity index (χ3n) is 4.79. The first-order chi connectivity index (χ1) is 14.2. The van der Waals surface area contributed by atoms with Crippen LogP contribution in [-0.4, -0.2) is 36.3 Å². The van der Waals surface area contributed by atoms with Crippen LogP contribution in [0.4, 0.5) is 11.4 Å². The Morgan fingerprint density at radius 1 is 1.24 bits per heavy atom. The fourth-order valence-corrected chi connectivity index (χ4v) is 4.05. The van der Waals surface area contributed by atoms with Crippen LogP contribution in [0.5, 0.6) is 5.75 Å². The molecular formula is C22H23N3O3S. The highest BCUT2D eigenvalue weighted by atomic mass is 32.1. The van der Waals surface area contributed by atoms with Gasteiger partial charge in [0, 0.05) is 35.2 Å². The van der Waals surface area contributed by atoms with E-state index in [9.17, 15) is 4.79 Å². The average molecular weight is 410 g/mol. The van der Waals surface area contributed by atoms with Crippen molar-refractivity contribution in [1.29, 1.82) is 0 Å². The van der Waals surface area contributed by atoms with Gasteiger partial charge in [-0.15, -0.1) is 11.3 Å². The highest BCUT2D eigenvalue weighted by Gasteiger charge is 2.26. The molecule has 2 aromatic carbocycles. The van der Waals surface area contributed by atoms with Gasteiger partial charge >= 0.3 is 0 Å². The molecule has 1 amide bonds. The molecule has 3 N–H and O–H groups in total. The highest BCUT2D eigenvalue weighted by molar-refractivity contribution is 7.10. The van der Waals surface area contributed by atoms with Gasteiger partial charge in [-0.1, -0.05) is 12.1 Å². The topological polar surface area (TPSA) is 83.5 Å². The lowest BCUT2D eigenvalue weighted by molar-refractivity contribution is 0.102. The van der Waals surface area contributed by atoms with E-state index in [1.807, 2.05) is 24.3 Å². The lowest BCUT2D eigenvalue weighted by atomic mass is 10.1. The van der Waals surface area contributed by atoms with Gasteiger partial charge in [-0.25, -0.2) is 4.98 Å². The van der Waals surface area contributed by atoms with Gasteiger partial charge in [0.25, 0.3) is 5.91 Å². The Morgan fingerprint density at radius 2 is 2.03 bits per heavy atom. The standard InChI is InChI=1S/C22H23N3O3S/c1-28-17-8-9-18(19(12-17)23-10-11-26)21(27)24-16-6-4-14(5-7-16)20-13-29-22(25-20)15-2-3-15/h4-9,12-13,15,23,26H,2-3,10-11H2,1H3,(H,24,27). The number of rotatable bonds is 8. The number of methoxy groups -OCH3 is 1. The molecule has 1 aromatic heterocycles. The number of thiazole rings is 1. The maximum Gasteiger partial charge on any atom is 0.257 e. The summed E-state index contributed by atoms with van der Waals surface area (Å²) in [6, 6.07) is 12.9. The molecule has 1 fully saturated rings. The smallest absolute Gasteiger partial charge is 0.257 e. The second kappa shape index (κ2) is 8.63. The second-order valence-corrected chi connectivity index (χ2v) is 7.83. The summed E-state index contributed by atoms with van der Waals surface area (Å²) in [6.07, 6.45) is 2.50. The van der Waals surface area contributed by atoms with Crippen LogP contribution in [0.1, 0.15) is 34.1 Å². The first-order valence-electron chi connectivity index (χ1n) is 9.58. The van der Waals surface area contributed by atoms with Crippen molar-refractivity contribution in [2.45, 2.75) is 18.8 Å². The number of nitrogens with one attached hydrogen (secondary N) is 2.